The molecule has 0 bridgehead atoms. The van der Waals surface area contributed by atoms with Gasteiger partial charge in [0, 0.05) is 17.7 Å². The van der Waals surface area contributed by atoms with Crippen LogP contribution in [0.4, 0.5) is 0 Å². The zero-order chi connectivity index (χ0) is 11.8. The molecule has 1 aliphatic rings. The summed E-state index contributed by atoms with van der Waals surface area (Å²) < 4.78 is 0. The summed E-state index contributed by atoms with van der Waals surface area (Å²) in [5.41, 5.74) is 4.65. The normalized spacial score (nSPS) is 18.1. The van der Waals surface area contributed by atoms with Gasteiger partial charge in [0.1, 0.15) is 5.75 Å². The molecule has 0 radical (unpaired) electrons. The lowest BCUT2D eigenvalue weighted by Gasteiger charge is -2.13. The summed E-state index contributed by atoms with van der Waals surface area (Å²) in [7, 11) is 0. The molecule has 1 atom stereocenters. The first-order chi connectivity index (χ1) is 8.25. The predicted molar refractivity (Wildman–Crippen MR) is 67.2 cm³/mol. The highest BCUT2D eigenvalue weighted by Gasteiger charge is 2.26. The van der Waals surface area contributed by atoms with Crippen molar-refractivity contribution >= 4 is 0 Å². The fraction of sp³-hybridized carbons (Fsp3) is 0.267. The van der Waals surface area contributed by atoms with Gasteiger partial charge in [-0.25, -0.2) is 0 Å². The van der Waals surface area contributed by atoms with Crippen molar-refractivity contribution in [1.82, 2.24) is 4.98 Å². The highest BCUT2D eigenvalue weighted by molar-refractivity contribution is 5.45. The van der Waals surface area contributed by atoms with E-state index >= 15 is 0 Å². The number of aryl methyl sites for hydroxylation is 2. The first kappa shape index (κ1) is 10.3. The van der Waals surface area contributed by atoms with E-state index in [1.165, 1.54) is 11.1 Å². The van der Waals surface area contributed by atoms with Gasteiger partial charge in [0.2, 0.25) is 0 Å². The Balaban J connectivity index is 2.10. The van der Waals surface area contributed by atoms with Crippen molar-refractivity contribution < 1.29 is 5.11 Å². The standard InChI is InChI=1S/C15H15NO/c1-10-4-7-14(17)13(9-10)12-6-5-11-3-2-8-16-15(11)12/h2-4,7-9,12,17H,5-6H2,1H3. The summed E-state index contributed by atoms with van der Waals surface area (Å²) >= 11 is 0. The number of nitrogens with zero attached hydrogens (tertiary/aromatic N) is 1. The van der Waals surface area contributed by atoms with E-state index in [1.54, 1.807) is 6.07 Å². The lowest BCUT2D eigenvalue weighted by atomic mass is 9.94. The molecule has 1 aromatic carbocycles. The van der Waals surface area contributed by atoms with Gasteiger partial charge in [-0.1, -0.05) is 23.8 Å². The third kappa shape index (κ3) is 1.70. The van der Waals surface area contributed by atoms with Gasteiger partial charge >= 0.3 is 0 Å². The summed E-state index contributed by atoms with van der Waals surface area (Å²) in [4.78, 5) is 4.48. The van der Waals surface area contributed by atoms with Crippen LogP contribution >= 0.6 is 0 Å². The van der Waals surface area contributed by atoms with E-state index in [0.29, 0.717) is 5.75 Å². The van der Waals surface area contributed by atoms with Gasteiger partial charge in [-0.3, -0.25) is 4.98 Å². The first-order valence-corrected chi connectivity index (χ1v) is 5.99. The molecule has 3 rings (SSSR count). The number of phenolic OH excluding ortho intramolecular Hbond substituents is 1. The molecule has 0 saturated heterocycles. The molecule has 0 fully saturated rings. The minimum Gasteiger partial charge on any atom is -0.508 e. The van der Waals surface area contributed by atoms with Crippen LogP contribution in [0.3, 0.4) is 0 Å². The van der Waals surface area contributed by atoms with E-state index in [9.17, 15) is 5.11 Å². The van der Waals surface area contributed by atoms with Crippen LogP contribution in [0.2, 0.25) is 0 Å². The van der Waals surface area contributed by atoms with Crippen LogP contribution in [0, 0.1) is 6.92 Å². The molecule has 2 heteroatoms. The number of fused-ring (bicyclic) bond motifs is 1. The summed E-state index contributed by atoms with van der Waals surface area (Å²) in [5, 5.41) is 9.99. The van der Waals surface area contributed by atoms with E-state index in [1.807, 2.05) is 18.3 Å². The third-order valence-corrected chi connectivity index (χ3v) is 3.52. The Labute approximate surface area is 101 Å². The summed E-state index contributed by atoms with van der Waals surface area (Å²) in [6.07, 6.45) is 3.94. The molecule has 2 nitrogen and oxygen atoms in total. The summed E-state index contributed by atoms with van der Waals surface area (Å²) in [6, 6.07) is 9.91. The Bertz CT molecular complexity index is 563. The first-order valence-electron chi connectivity index (χ1n) is 5.99. The Morgan fingerprint density at radius 1 is 1.29 bits per heavy atom. The molecular weight excluding hydrogens is 210 g/mol. The maximum Gasteiger partial charge on any atom is 0.119 e. The van der Waals surface area contributed by atoms with Gasteiger partial charge in [0.25, 0.3) is 0 Å². The Morgan fingerprint density at radius 3 is 3.06 bits per heavy atom. The van der Waals surface area contributed by atoms with E-state index in [2.05, 4.69) is 24.0 Å². The molecule has 1 N–H and O–H groups in total. The smallest absolute Gasteiger partial charge is 0.119 e. The van der Waals surface area contributed by atoms with Crippen LogP contribution < -0.4 is 0 Å². The number of hydrogen-bond donors (Lipinski definition) is 1. The molecule has 0 spiro atoms. The molecule has 86 valence electrons. The number of aromatic nitrogens is 1. The SMILES string of the molecule is Cc1ccc(O)c(C2CCc3cccnc32)c1. The number of hydrogen-bond acceptors (Lipinski definition) is 2. The zero-order valence-electron chi connectivity index (χ0n) is 9.85. The van der Waals surface area contributed by atoms with Crippen LogP contribution in [-0.2, 0) is 6.42 Å². The summed E-state index contributed by atoms with van der Waals surface area (Å²) in [5.74, 6) is 0.644. The number of phenols is 1. The Kier molecular flexibility index (Phi) is 2.36. The highest BCUT2D eigenvalue weighted by atomic mass is 16.3. The van der Waals surface area contributed by atoms with Crippen molar-refractivity contribution in [2.75, 3.05) is 0 Å². The second-order valence-electron chi connectivity index (χ2n) is 4.70. The molecule has 1 heterocycles. The lowest BCUT2D eigenvalue weighted by molar-refractivity contribution is 0.464. The van der Waals surface area contributed by atoms with E-state index in [0.717, 1.165) is 24.1 Å². The van der Waals surface area contributed by atoms with Crippen LogP contribution in [0.15, 0.2) is 36.5 Å². The fourth-order valence-electron chi connectivity index (χ4n) is 2.67. The second-order valence-corrected chi connectivity index (χ2v) is 4.70. The third-order valence-electron chi connectivity index (χ3n) is 3.52. The second kappa shape index (κ2) is 3.88. The fourth-order valence-corrected chi connectivity index (χ4v) is 2.67. The number of aromatic hydroxyl groups is 1. The van der Waals surface area contributed by atoms with Crippen molar-refractivity contribution in [3.8, 4) is 5.75 Å². The minimum absolute atomic E-state index is 0.256. The van der Waals surface area contributed by atoms with Crippen molar-refractivity contribution in [3.63, 3.8) is 0 Å². The van der Waals surface area contributed by atoms with Crippen LogP contribution in [0.25, 0.3) is 0 Å². The predicted octanol–water partition coefficient (Wildman–Crippen LogP) is 3.17. The Morgan fingerprint density at radius 2 is 2.18 bits per heavy atom. The zero-order valence-corrected chi connectivity index (χ0v) is 9.85. The molecule has 0 saturated carbocycles. The molecule has 17 heavy (non-hydrogen) atoms. The number of benzene rings is 1. The molecule has 1 aliphatic carbocycles. The van der Waals surface area contributed by atoms with Gasteiger partial charge in [-0.2, -0.15) is 0 Å². The van der Waals surface area contributed by atoms with Gasteiger partial charge in [0.05, 0.1) is 5.69 Å². The maximum atomic E-state index is 9.99. The Hall–Kier alpha value is -1.83. The van der Waals surface area contributed by atoms with Crippen LogP contribution in [0.5, 0.6) is 5.75 Å². The average Bonchev–Trinajstić information content (AvgIpc) is 2.76. The molecule has 1 aromatic heterocycles. The maximum absolute atomic E-state index is 9.99. The summed E-state index contributed by atoms with van der Waals surface area (Å²) in [6.45, 7) is 2.05. The van der Waals surface area contributed by atoms with Gasteiger partial charge in [-0.05, 0) is 37.5 Å². The quantitative estimate of drug-likeness (QED) is 0.808. The minimum atomic E-state index is 0.256. The van der Waals surface area contributed by atoms with Crippen molar-refractivity contribution in [1.29, 1.82) is 0 Å². The molecule has 0 amide bonds. The highest BCUT2D eigenvalue weighted by Crippen LogP contribution is 2.40. The average molecular weight is 225 g/mol. The molecule has 1 unspecified atom stereocenters. The number of pyridine rings is 1. The van der Waals surface area contributed by atoms with Crippen LogP contribution in [-0.4, -0.2) is 10.1 Å². The molecule has 2 aromatic rings. The number of rotatable bonds is 1. The monoisotopic (exact) mass is 225 g/mol. The molecular formula is C15H15NO. The van der Waals surface area contributed by atoms with Gasteiger partial charge in [0.15, 0.2) is 0 Å². The van der Waals surface area contributed by atoms with Gasteiger partial charge in [-0.15, -0.1) is 0 Å². The van der Waals surface area contributed by atoms with Crippen molar-refractivity contribution in [2.45, 2.75) is 25.7 Å². The lowest BCUT2D eigenvalue weighted by Crippen LogP contribution is -1.99. The van der Waals surface area contributed by atoms with E-state index < -0.39 is 0 Å². The van der Waals surface area contributed by atoms with Crippen molar-refractivity contribution in [3.05, 3.63) is 58.9 Å². The van der Waals surface area contributed by atoms with Crippen molar-refractivity contribution in [2.24, 2.45) is 0 Å². The van der Waals surface area contributed by atoms with Crippen LogP contribution in [0.1, 0.15) is 34.7 Å². The largest absolute Gasteiger partial charge is 0.508 e. The van der Waals surface area contributed by atoms with E-state index in [-0.39, 0.29) is 5.92 Å². The molecule has 0 aliphatic heterocycles. The van der Waals surface area contributed by atoms with Gasteiger partial charge < -0.3 is 5.11 Å². The topological polar surface area (TPSA) is 33.1 Å². The van der Waals surface area contributed by atoms with E-state index in [4.69, 9.17) is 0 Å².